The van der Waals surface area contributed by atoms with Crippen molar-refractivity contribution in [2.45, 2.75) is 19.4 Å². The fourth-order valence-electron chi connectivity index (χ4n) is 1.28. The number of hydrogen-bond donors (Lipinski definition) is 2. The molecule has 1 aromatic carbocycles. The summed E-state index contributed by atoms with van der Waals surface area (Å²) in [5.41, 5.74) is 5.06. The van der Waals surface area contributed by atoms with E-state index in [-0.39, 0.29) is 5.82 Å². The second-order valence-corrected chi connectivity index (χ2v) is 5.28. The molecule has 0 aliphatic heterocycles. The van der Waals surface area contributed by atoms with Crippen LogP contribution in [-0.2, 0) is 4.79 Å². The van der Waals surface area contributed by atoms with Gasteiger partial charge in [-0.15, -0.1) is 0 Å². The highest BCUT2D eigenvalue weighted by atomic mass is 32.1. The zero-order valence-electron chi connectivity index (χ0n) is 9.45. The van der Waals surface area contributed by atoms with Gasteiger partial charge in [-0.05, 0) is 32.0 Å². The number of aromatic nitrogens is 1. The van der Waals surface area contributed by atoms with Crippen LogP contribution in [0, 0.1) is 5.82 Å². The summed E-state index contributed by atoms with van der Waals surface area (Å²) in [5, 5.41) is 3.49. The van der Waals surface area contributed by atoms with Crippen LogP contribution in [-0.4, -0.2) is 16.4 Å². The number of nitrogens with one attached hydrogen (secondary N) is 1. The molecule has 90 valence electrons. The number of nitrogens with two attached hydrogens (primary N) is 1. The Morgan fingerprint density at radius 3 is 2.88 bits per heavy atom. The first-order chi connectivity index (χ1) is 7.88. The van der Waals surface area contributed by atoms with Crippen molar-refractivity contribution < 1.29 is 9.18 Å². The van der Waals surface area contributed by atoms with Crippen molar-refractivity contribution in [3.63, 3.8) is 0 Å². The van der Waals surface area contributed by atoms with Crippen LogP contribution in [0.25, 0.3) is 10.2 Å². The molecule has 2 rings (SSSR count). The third kappa shape index (κ3) is 2.36. The standard InChI is InChI=1S/C11H12FN3OS/c1-11(2,9(13)16)15-10-14-7-4-3-6(12)5-8(7)17-10/h3-5H,1-2H3,(H2,13,16)(H,14,15). The van der Waals surface area contributed by atoms with Crippen molar-refractivity contribution in [2.24, 2.45) is 5.73 Å². The number of rotatable bonds is 3. The van der Waals surface area contributed by atoms with Gasteiger partial charge in [-0.3, -0.25) is 4.79 Å². The summed E-state index contributed by atoms with van der Waals surface area (Å²) in [4.78, 5) is 15.4. The van der Waals surface area contributed by atoms with Gasteiger partial charge >= 0.3 is 0 Å². The van der Waals surface area contributed by atoms with Crippen molar-refractivity contribution in [1.82, 2.24) is 4.98 Å². The van der Waals surface area contributed by atoms with Crippen molar-refractivity contribution >= 4 is 32.6 Å². The van der Waals surface area contributed by atoms with Crippen molar-refractivity contribution in [3.8, 4) is 0 Å². The van der Waals surface area contributed by atoms with E-state index in [9.17, 15) is 9.18 Å². The van der Waals surface area contributed by atoms with Gasteiger partial charge < -0.3 is 11.1 Å². The molecule has 0 bridgehead atoms. The molecule has 2 aromatic rings. The van der Waals surface area contributed by atoms with Crippen molar-refractivity contribution in [2.75, 3.05) is 5.32 Å². The molecule has 3 N–H and O–H groups in total. The quantitative estimate of drug-likeness (QED) is 0.880. The third-order valence-corrected chi connectivity index (χ3v) is 3.32. The third-order valence-electron chi connectivity index (χ3n) is 2.39. The van der Waals surface area contributed by atoms with Gasteiger partial charge in [0.2, 0.25) is 5.91 Å². The zero-order chi connectivity index (χ0) is 12.6. The lowest BCUT2D eigenvalue weighted by Gasteiger charge is -2.21. The first kappa shape index (κ1) is 11.8. The Labute approximate surface area is 102 Å². The van der Waals surface area contributed by atoms with Gasteiger partial charge in [0.15, 0.2) is 5.13 Å². The Kier molecular flexibility index (Phi) is 2.74. The molecule has 6 heteroatoms. The molecule has 4 nitrogen and oxygen atoms in total. The van der Waals surface area contributed by atoms with Crippen LogP contribution in [0.5, 0.6) is 0 Å². The van der Waals surface area contributed by atoms with E-state index in [4.69, 9.17) is 5.73 Å². The molecule has 17 heavy (non-hydrogen) atoms. The Morgan fingerprint density at radius 1 is 1.53 bits per heavy atom. The lowest BCUT2D eigenvalue weighted by molar-refractivity contribution is -0.121. The highest BCUT2D eigenvalue weighted by Gasteiger charge is 2.25. The maximum absolute atomic E-state index is 13.0. The number of anilines is 1. The summed E-state index contributed by atoms with van der Waals surface area (Å²) in [6.45, 7) is 3.34. The number of fused-ring (bicyclic) bond motifs is 1. The molecule has 0 fully saturated rings. The van der Waals surface area contributed by atoms with Gasteiger partial charge in [-0.2, -0.15) is 0 Å². The van der Waals surface area contributed by atoms with Crippen LogP contribution in [0.15, 0.2) is 18.2 Å². The summed E-state index contributed by atoms with van der Waals surface area (Å²) in [6.07, 6.45) is 0. The Balaban J connectivity index is 2.34. The zero-order valence-corrected chi connectivity index (χ0v) is 10.3. The predicted molar refractivity (Wildman–Crippen MR) is 66.5 cm³/mol. The SMILES string of the molecule is CC(C)(Nc1nc2ccc(F)cc2s1)C(N)=O. The minimum absolute atomic E-state index is 0.304. The van der Waals surface area contributed by atoms with E-state index < -0.39 is 11.4 Å². The number of carbonyl (C=O) groups is 1. The topological polar surface area (TPSA) is 68.0 Å². The summed E-state index contributed by atoms with van der Waals surface area (Å²) in [7, 11) is 0. The number of amides is 1. The number of benzene rings is 1. The fraction of sp³-hybridized carbons (Fsp3) is 0.273. The Morgan fingerprint density at radius 2 is 2.24 bits per heavy atom. The summed E-state index contributed by atoms with van der Waals surface area (Å²) in [6, 6.07) is 4.37. The molecular weight excluding hydrogens is 241 g/mol. The van der Waals surface area contributed by atoms with Crippen LogP contribution in [0.4, 0.5) is 9.52 Å². The van der Waals surface area contributed by atoms with Crippen LogP contribution >= 0.6 is 11.3 Å². The van der Waals surface area contributed by atoms with Crippen molar-refractivity contribution in [1.29, 1.82) is 0 Å². The van der Waals surface area contributed by atoms with Crippen LogP contribution < -0.4 is 11.1 Å². The number of hydrogen-bond acceptors (Lipinski definition) is 4. The van der Waals surface area contributed by atoms with E-state index >= 15 is 0 Å². The molecule has 1 amide bonds. The van der Waals surface area contributed by atoms with E-state index in [1.165, 1.54) is 23.5 Å². The van der Waals surface area contributed by atoms with E-state index in [0.29, 0.717) is 10.6 Å². The van der Waals surface area contributed by atoms with E-state index in [2.05, 4.69) is 10.3 Å². The van der Waals surface area contributed by atoms with Gasteiger partial charge in [0.25, 0.3) is 0 Å². The lowest BCUT2D eigenvalue weighted by atomic mass is 10.1. The average Bonchev–Trinajstić information content (AvgIpc) is 2.57. The number of carbonyl (C=O) groups excluding carboxylic acids is 1. The van der Waals surface area contributed by atoms with Gasteiger partial charge in [0.1, 0.15) is 11.4 Å². The molecule has 0 radical (unpaired) electrons. The highest BCUT2D eigenvalue weighted by molar-refractivity contribution is 7.22. The van der Waals surface area contributed by atoms with E-state index in [1.54, 1.807) is 19.9 Å². The molecule has 0 aliphatic rings. The van der Waals surface area contributed by atoms with Gasteiger partial charge in [-0.25, -0.2) is 9.37 Å². The fourth-order valence-corrected chi connectivity index (χ4v) is 2.33. The van der Waals surface area contributed by atoms with Crippen LogP contribution in [0.2, 0.25) is 0 Å². The molecule has 1 heterocycles. The highest BCUT2D eigenvalue weighted by Crippen LogP contribution is 2.28. The molecule has 0 saturated heterocycles. The number of nitrogens with zero attached hydrogens (tertiary/aromatic N) is 1. The van der Waals surface area contributed by atoms with Gasteiger partial charge in [-0.1, -0.05) is 11.3 Å². The minimum Gasteiger partial charge on any atom is -0.368 e. The average molecular weight is 253 g/mol. The summed E-state index contributed by atoms with van der Waals surface area (Å²) >= 11 is 1.29. The van der Waals surface area contributed by atoms with E-state index in [0.717, 1.165) is 4.70 Å². The molecular formula is C11H12FN3OS. The maximum Gasteiger partial charge on any atom is 0.242 e. The lowest BCUT2D eigenvalue weighted by Crippen LogP contribution is -2.44. The van der Waals surface area contributed by atoms with Gasteiger partial charge in [0.05, 0.1) is 10.2 Å². The molecule has 0 aliphatic carbocycles. The Bertz CT molecular complexity index is 579. The number of halogens is 1. The first-order valence-electron chi connectivity index (χ1n) is 5.03. The normalized spacial score (nSPS) is 11.7. The van der Waals surface area contributed by atoms with Crippen LogP contribution in [0.1, 0.15) is 13.8 Å². The van der Waals surface area contributed by atoms with Gasteiger partial charge in [0, 0.05) is 0 Å². The van der Waals surface area contributed by atoms with E-state index in [1.807, 2.05) is 0 Å². The predicted octanol–water partition coefficient (Wildman–Crippen LogP) is 2.11. The first-order valence-corrected chi connectivity index (χ1v) is 5.84. The Hall–Kier alpha value is -1.69. The maximum atomic E-state index is 13.0. The van der Waals surface area contributed by atoms with Crippen molar-refractivity contribution in [3.05, 3.63) is 24.0 Å². The number of primary amides is 1. The molecule has 0 atom stereocenters. The summed E-state index contributed by atoms with van der Waals surface area (Å²) in [5.74, 6) is -0.773. The van der Waals surface area contributed by atoms with Crippen LogP contribution in [0.3, 0.4) is 0 Å². The minimum atomic E-state index is -0.883. The largest absolute Gasteiger partial charge is 0.368 e. The number of thiazole rings is 1. The second kappa shape index (κ2) is 3.96. The summed E-state index contributed by atoms with van der Waals surface area (Å²) < 4.78 is 13.7. The molecule has 0 spiro atoms. The smallest absolute Gasteiger partial charge is 0.242 e. The molecule has 0 saturated carbocycles. The molecule has 1 aromatic heterocycles. The second-order valence-electron chi connectivity index (χ2n) is 4.25. The molecule has 0 unspecified atom stereocenters. The monoisotopic (exact) mass is 253 g/mol.